The van der Waals surface area contributed by atoms with E-state index in [4.69, 9.17) is 16.3 Å². The third-order valence-electron chi connectivity index (χ3n) is 6.16. The van der Waals surface area contributed by atoms with Crippen LogP contribution in [0, 0.1) is 11.8 Å². The fourth-order valence-electron chi connectivity index (χ4n) is 4.57. The van der Waals surface area contributed by atoms with Gasteiger partial charge in [-0.25, -0.2) is 8.42 Å². The van der Waals surface area contributed by atoms with Crippen molar-refractivity contribution in [3.05, 3.63) is 53.1 Å². The summed E-state index contributed by atoms with van der Waals surface area (Å²) >= 11 is 6.28. The number of ether oxygens (including phenoxy) is 1. The molecule has 0 bridgehead atoms. The number of benzene rings is 2. The zero-order valence-corrected chi connectivity index (χ0v) is 20.5. The lowest BCUT2D eigenvalue weighted by molar-refractivity contribution is 0.102. The van der Waals surface area contributed by atoms with Gasteiger partial charge in [0, 0.05) is 37.6 Å². The Morgan fingerprint density at radius 3 is 2.30 bits per heavy atom. The molecule has 1 amide bonds. The second-order valence-corrected chi connectivity index (χ2v) is 11.4. The zero-order valence-electron chi connectivity index (χ0n) is 19.0. The fourth-order valence-corrected chi connectivity index (χ4v) is 6.48. The molecule has 0 radical (unpaired) electrons. The standard InChI is InChI=1S/C24H30ClN3O4S/c1-17-13-18(2)16-28(15-17)33(30,31)21-7-8-23(25)22(14-21)24(29)26-19-3-5-20(6-4-19)27-9-11-32-12-10-27/h3-8,14,17-18H,9-13,15-16H2,1-2H3,(H,26,29)/t17-,18-/m0/s1. The van der Waals surface area contributed by atoms with Crippen LogP contribution in [0.15, 0.2) is 47.4 Å². The third-order valence-corrected chi connectivity index (χ3v) is 8.31. The number of amides is 1. The van der Waals surface area contributed by atoms with E-state index in [0.717, 1.165) is 25.2 Å². The number of halogens is 1. The Morgan fingerprint density at radius 2 is 1.67 bits per heavy atom. The maximum Gasteiger partial charge on any atom is 0.257 e. The summed E-state index contributed by atoms with van der Waals surface area (Å²) in [6.07, 6.45) is 1.00. The van der Waals surface area contributed by atoms with Gasteiger partial charge < -0.3 is 15.0 Å². The van der Waals surface area contributed by atoms with Gasteiger partial charge in [0.2, 0.25) is 10.0 Å². The van der Waals surface area contributed by atoms with Crippen molar-refractivity contribution < 1.29 is 17.9 Å². The smallest absolute Gasteiger partial charge is 0.257 e. The molecular weight excluding hydrogens is 462 g/mol. The molecule has 2 aromatic rings. The van der Waals surface area contributed by atoms with E-state index in [9.17, 15) is 13.2 Å². The first kappa shape index (κ1) is 24.0. The molecule has 2 atom stereocenters. The molecule has 0 spiro atoms. The third kappa shape index (κ3) is 5.51. The zero-order chi connectivity index (χ0) is 23.6. The van der Waals surface area contributed by atoms with Gasteiger partial charge >= 0.3 is 0 Å². The van der Waals surface area contributed by atoms with Crippen LogP contribution in [-0.2, 0) is 14.8 Å². The number of anilines is 2. The molecule has 2 heterocycles. The number of hydrogen-bond donors (Lipinski definition) is 1. The molecule has 0 aliphatic carbocycles. The Hall–Kier alpha value is -2.13. The van der Waals surface area contributed by atoms with Gasteiger partial charge in [-0.3, -0.25) is 4.79 Å². The summed E-state index contributed by atoms with van der Waals surface area (Å²) in [5.41, 5.74) is 1.81. The molecule has 2 aromatic carbocycles. The van der Waals surface area contributed by atoms with Gasteiger partial charge in [-0.05, 0) is 60.7 Å². The van der Waals surface area contributed by atoms with Crippen molar-refractivity contribution in [1.82, 2.24) is 4.31 Å². The highest BCUT2D eigenvalue weighted by Gasteiger charge is 2.32. The van der Waals surface area contributed by atoms with Gasteiger partial charge in [0.05, 0.1) is 28.7 Å². The number of piperidine rings is 1. The van der Waals surface area contributed by atoms with Crippen LogP contribution >= 0.6 is 11.6 Å². The summed E-state index contributed by atoms with van der Waals surface area (Å²) in [5.74, 6) is 0.134. The van der Waals surface area contributed by atoms with Crippen molar-refractivity contribution >= 4 is 38.9 Å². The van der Waals surface area contributed by atoms with Crippen LogP contribution in [-0.4, -0.2) is 58.0 Å². The Balaban J connectivity index is 1.51. The summed E-state index contributed by atoms with van der Waals surface area (Å²) < 4.78 is 33.4. The molecule has 2 saturated heterocycles. The van der Waals surface area contributed by atoms with Gasteiger partial charge in [0.25, 0.3) is 5.91 Å². The molecule has 4 rings (SSSR count). The molecule has 178 valence electrons. The number of morpholine rings is 1. The number of carbonyl (C=O) groups is 1. The number of rotatable bonds is 5. The molecule has 9 heteroatoms. The normalized spacial score (nSPS) is 22.2. The van der Waals surface area contributed by atoms with Gasteiger partial charge in [0.15, 0.2) is 0 Å². The van der Waals surface area contributed by atoms with Crippen molar-refractivity contribution in [3.8, 4) is 0 Å². The van der Waals surface area contributed by atoms with Crippen molar-refractivity contribution in [2.24, 2.45) is 11.8 Å². The number of nitrogens with one attached hydrogen (secondary N) is 1. The molecule has 1 N–H and O–H groups in total. The van der Waals surface area contributed by atoms with Crippen LogP contribution in [0.25, 0.3) is 0 Å². The molecule has 33 heavy (non-hydrogen) atoms. The molecule has 0 aromatic heterocycles. The number of nitrogens with zero attached hydrogens (tertiary/aromatic N) is 2. The lowest BCUT2D eigenvalue weighted by Gasteiger charge is -2.34. The Morgan fingerprint density at radius 1 is 1.03 bits per heavy atom. The largest absolute Gasteiger partial charge is 0.378 e. The van der Waals surface area contributed by atoms with E-state index in [2.05, 4.69) is 24.1 Å². The van der Waals surface area contributed by atoms with Crippen molar-refractivity contribution in [1.29, 1.82) is 0 Å². The Labute approximate surface area is 200 Å². The van der Waals surface area contributed by atoms with Crippen molar-refractivity contribution in [3.63, 3.8) is 0 Å². The quantitative estimate of drug-likeness (QED) is 0.681. The van der Waals surface area contributed by atoms with Gasteiger partial charge in [-0.15, -0.1) is 0 Å². The fraction of sp³-hybridized carbons (Fsp3) is 0.458. The first-order valence-electron chi connectivity index (χ1n) is 11.3. The molecular formula is C24H30ClN3O4S. The van der Waals surface area contributed by atoms with Gasteiger partial charge in [-0.1, -0.05) is 25.4 Å². The summed E-state index contributed by atoms with van der Waals surface area (Å²) in [6.45, 7) is 8.14. The van der Waals surface area contributed by atoms with Gasteiger partial charge in [0.1, 0.15) is 0 Å². The monoisotopic (exact) mass is 491 g/mol. The van der Waals surface area contributed by atoms with E-state index in [1.165, 1.54) is 22.5 Å². The number of carbonyl (C=O) groups excluding carboxylic acids is 1. The van der Waals surface area contributed by atoms with Crippen LogP contribution < -0.4 is 10.2 Å². The SMILES string of the molecule is C[C@H]1C[C@H](C)CN(S(=O)(=O)c2ccc(Cl)c(C(=O)Nc3ccc(N4CCOCC4)cc3)c2)C1. The first-order chi connectivity index (χ1) is 15.7. The number of sulfonamides is 1. The van der Waals surface area contributed by atoms with Gasteiger partial charge in [-0.2, -0.15) is 4.31 Å². The second-order valence-electron chi connectivity index (χ2n) is 9.01. The Bertz CT molecular complexity index is 1090. The van der Waals surface area contributed by atoms with E-state index < -0.39 is 15.9 Å². The lowest BCUT2D eigenvalue weighted by Crippen LogP contribution is -2.42. The van der Waals surface area contributed by atoms with Crippen LogP contribution in [0.1, 0.15) is 30.6 Å². The molecule has 2 aliphatic heterocycles. The molecule has 0 saturated carbocycles. The van der Waals surface area contributed by atoms with Crippen LogP contribution in [0.4, 0.5) is 11.4 Å². The Kier molecular flexibility index (Phi) is 7.28. The number of hydrogen-bond acceptors (Lipinski definition) is 5. The van der Waals surface area contributed by atoms with Crippen LogP contribution in [0.3, 0.4) is 0 Å². The summed E-state index contributed by atoms with van der Waals surface area (Å²) in [4.78, 5) is 15.3. The second kappa shape index (κ2) is 10.0. The van der Waals surface area contributed by atoms with E-state index >= 15 is 0 Å². The average molecular weight is 492 g/mol. The summed E-state index contributed by atoms with van der Waals surface area (Å²) in [6, 6.07) is 11.9. The minimum Gasteiger partial charge on any atom is -0.378 e. The van der Waals surface area contributed by atoms with Crippen LogP contribution in [0.5, 0.6) is 0 Å². The minimum absolute atomic E-state index is 0.0843. The molecule has 2 fully saturated rings. The van der Waals surface area contributed by atoms with Crippen molar-refractivity contribution in [2.75, 3.05) is 49.6 Å². The molecule has 2 aliphatic rings. The highest BCUT2D eigenvalue weighted by molar-refractivity contribution is 7.89. The lowest BCUT2D eigenvalue weighted by atomic mass is 9.94. The predicted molar refractivity (Wildman–Crippen MR) is 131 cm³/mol. The average Bonchev–Trinajstić information content (AvgIpc) is 2.79. The minimum atomic E-state index is -3.71. The highest BCUT2D eigenvalue weighted by Crippen LogP contribution is 2.29. The van der Waals surface area contributed by atoms with E-state index in [-0.39, 0.29) is 15.5 Å². The van der Waals surface area contributed by atoms with E-state index in [0.29, 0.717) is 43.8 Å². The van der Waals surface area contributed by atoms with E-state index in [1.807, 2.05) is 24.3 Å². The summed E-state index contributed by atoms with van der Waals surface area (Å²) in [7, 11) is -3.71. The molecule has 7 nitrogen and oxygen atoms in total. The first-order valence-corrected chi connectivity index (χ1v) is 13.1. The maximum atomic E-state index is 13.2. The highest BCUT2D eigenvalue weighted by atomic mass is 35.5. The predicted octanol–water partition coefficient (Wildman–Crippen LogP) is 4.10. The van der Waals surface area contributed by atoms with E-state index in [1.54, 1.807) is 0 Å². The maximum absolute atomic E-state index is 13.2. The topological polar surface area (TPSA) is 79.0 Å². The van der Waals surface area contributed by atoms with Crippen LogP contribution in [0.2, 0.25) is 5.02 Å². The molecule has 0 unspecified atom stereocenters. The summed E-state index contributed by atoms with van der Waals surface area (Å²) in [5, 5.41) is 3.03. The van der Waals surface area contributed by atoms with Crippen molar-refractivity contribution in [2.45, 2.75) is 25.2 Å².